The van der Waals surface area contributed by atoms with Crippen LogP contribution in [-0.4, -0.2) is 135 Å². The molecule has 4 heterocycles. The summed E-state index contributed by atoms with van der Waals surface area (Å²) in [7, 11) is 1.17. The molecule has 3 aliphatic heterocycles. The van der Waals surface area contributed by atoms with Crippen LogP contribution in [0.4, 0.5) is 4.79 Å². The van der Waals surface area contributed by atoms with Crippen LogP contribution in [0.15, 0.2) is 42.9 Å². The van der Waals surface area contributed by atoms with E-state index in [0.29, 0.717) is 25.9 Å². The van der Waals surface area contributed by atoms with Gasteiger partial charge in [0.2, 0.25) is 23.5 Å². The van der Waals surface area contributed by atoms with Crippen molar-refractivity contribution in [1.29, 1.82) is 0 Å². The van der Waals surface area contributed by atoms with Crippen molar-refractivity contribution in [3.05, 3.63) is 59.7 Å². The first-order valence-electron chi connectivity index (χ1n) is 19.6. The average Bonchev–Trinajstić information content (AvgIpc) is 3.91. The summed E-state index contributed by atoms with van der Waals surface area (Å²) in [4.78, 5) is 119. The molecule has 18 nitrogen and oxygen atoms in total. The lowest BCUT2D eigenvalue weighted by atomic mass is 9.98. The van der Waals surface area contributed by atoms with Gasteiger partial charge in [0.15, 0.2) is 0 Å². The molecule has 0 aliphatic carbocycles. The number of aromatic nitrogens is 2. The average molecular weight is 805 g/mol. The summed E-state index contributed by atoms with van der Waals surface area (Å²) in [5.74, 6) is -6.17. The van der Waals surface area contributed by atoms with E-state index in [1.165, 1.54) is 30.6 Å². The lowest BCUT2D eigenvalue weighted by molar-refractivity contribution is -0.147. The minimum absolute atomic E-state index is 0.00290. The van der Waals surface area contributed by atoms with Crippen molar-refractivity contribution in [3.63, 3.8) is 0 Å². The molecule has 6 amide bonds. The Morgan fingerprint density at radius 3 is 2.21 bits per heavy atom. The number of rotatable bonds is 15. The number of hydrogen-bond donors (Lipinski definition) is 3. The second kappa shape index (κ2) is 19.0. The fourth-order valence-corrected chi connectivity index (χ4v) is 7.16. The van der Waals surface area contributed by atoms with E-state index in [2.05, 4.69) is 30.7 Å². The van der Waals surface area contributed by atoms with Crippen LogP contribution in [0.2, 0.25) is 0 Å². The van der Waals surface area contributed by atoms with Crippen LogP contribution in [0.1, 0.15) is 75.5 Å². The number of amides is 6. The summed E-state index contributed by atoms with van der Waals surface area (Å²) in [6.07, 6.45) is 3.43. The molecule has 1 aromatic carbocycles. The van der Waals surface area contributed by atoms with Gasteiger partial charge >= 0.3 is 12.1 Å². The third-order valence-electron chi connectivity index (χ3n) is 10.5. The predicted molar refractivity (Wildman–Crippen MR) is 205 cm³/mol. The number of methoxy groups -OCH3 is 1. The van der Waals surface area contributed by atoms with E-state index in [9.17, 15) is 38.4 Å². The summed E-state index contributed by atoms with van der Waals surface area (Å²) in [5, 5.41) is 8.08. The lowest BCUT2D eigenvalue weighted by Crippen LogP contribution is -2.59. The highest BCUT2D eigenvalue weighted by atomic mass is 16.6. The summed E-state index contributed by atoms with van der Waals surface area (Å²) < 4.78 is 10.6. The Labute approximate surface area is 336 Å². The zero-order chi connectivity index (χ0) is 42.3. The molecule has 0 spiro atoms. The summed E-state index contributed by atoms with van der Waals surface area (Å²) in [6, 6.07) is 2.06. The molecule has 2 aromatic rings. The van der Waals surface area contributed by atoms with E-state index in [4.69, 9.17) is 4.74 Å². The summed E-state index contributed by atoms with van der Waals surface area (Å²) in [6.45, 7) is 9.16. The number of esters is 1. The zero-order valence-corrected chi connectivity index (χ0v) is 33.6. The van der Waals surface area contributed by atoms with Crippen LogP contribution in [0.5, 0.6) is 0 Å². The Hall–Kier alpha value is -5.94. The van der Waals surface area contributed by atoms with E-state index in [0.717, 1.165) is 16.0 Å². The van der Waals surface area contributed by atoms with Crippen LogP contribution in [-0.2, 0) is 51.2 Å². The number of ketones is 1. The molecule has 2 saturated heterocycles. The second-order valence-corrected chi connectivity index (χ2v) is 15.4. The maximum absolute atomic E-state index is 14.5. The van der Waals surface area contributed by atoms with Gasteiger partial charge in [0.25, 0.3) is 11.8 Å². The smallest absolute Gasteiger partial charge is 0.410 e. The second-order valence-electron chi connectivity index (χ2n) is 15.4. The molecule has 0 bridgehead atoms. The fourth-order valence-electron chi connectivity index (χ4n) is 7.16. The van der Waals surface area contributed by atoms with Crippen LogP contribution < -0.4 is 16.0 Å². The van der Waals surface area contributed by atoms with E-state index in [1.54, 1.807) is 39.5 Å². The Kier molecular flexibility index (Phi) is 14.1. The van der Waals surface area contributed by atoms with E-state index in [-0.39, 0.29) is 31.6 Å². The van der Waals surface area contributed by atoms with Crippen LogP contribution in [0.3, 0.4) is 0 Å². The first kappa shape index (κ1) is 43.2. The van der Waals surface area contributed by atoms with Gasteiger partial charge in [-0.15, -0.1) is 0 Å². The third kappa shape index (κ3) is 10.1. The zero-order valence-electron chi connectivity index (χ0n) is 33.6. The van der Waals surface area contributed by atoms with Crippen molar-refractivity contribution in [3.8, 4) is 0 Å². The van der Waals surface area contributed by atoms with Gasteiger partial charge in [0.1, 0.15) is 36.0 Å². The van der Waals surface area contributed by atoms with Crippen molar-refractivity contribution >= 4 is 47.4 Å². The number of likely N-dealkylation sites (tertiary alicyclic amines) is 1. The van der Waals surface area contributed by atoms with Crippen molar-refractivity contribution in [2.75, 3.05) is 26.7 Å². The molecule has 0 saturated carbocycles. The van der Waals surface area contributed by atoms with E-state index in [1.807, 2.05) is 24.3 Å². The number of hydrogen-bond acceptors (Lipinski definition) is 12. The highest BCUT2D eigenvalue weighted by Crippen LogP contribution is 2.27. The largest absolute Gasteiger partial charge is 0.467 e. The molecule has 58 heavy (non-hydrogen) atoms. The molecule has 5 rings (SSSR count). The van der Waals surface area contributed by atoms with Gasteiger partial charge in [0, 0.05) is 31.9 Å². The Bertz CT molecular complexity index is 1890. The van der Waals surface area contributed by atoms with Gasteiger partial charge in [-0.1, -0.05) is 65.3 Å². The lowest BCUT2D eigenvalue weighted by Gasteiger charge is -2.32. The number of fused-ring (bicyclic) bond motifs is 1. The van der Waals surface area contributed by atoms with Gasteiger partial charge in [-0.25, -0.2) is 14.6 Å². The number of nitrogens with zero attached hydrogens (tertiary/aromatic N) is 5. The molecule has 1 aromatic heterocycles. The number of benzene rings is 1. The van der Waals surface area contributed by atoms with Crippen LogP contribution >= 0.6 is 0 Å². The Balaban J connectivity index is 1.35. The minimum Gasteiger partial charge on any atom is -0.467 e. The molecule has 0 radical (unpaired) electrons. The molecular formula is C40H52N8O10. The molecule has 6 atom stereocenters. The van der Waals surface area contributed by atoms with Crippen molar-refractivity contribution in [2.24, 2.45) is 11.8 Å². The highest BCUT2D eigenvalue weighted by Gasteiger charge is 2.50. The van der Waals surface area contributed by atoms with Crippen LogP contribution in [0, 0.1) is 11.8 Å². The van der Waals surface area contributed by atoms with Crippen molar-refractivity contribution in [1.82, 2.24) is 40.6 Å². The topological polar surface area (TPSA) is 226 Å². The minimum atomic E-state index is -1.28. The number of ether oxygens (including phenoxy) is 2. The van der Waals surface area contributed by atoms with Gasteiger partial charge in [-0.2, -0.15) is 0 Å². The molecule has 3 N–H and O–H groups in total. The van der Waals surface area contributed by atoms with Crippen molar-refractivity contribution < 1.29 is 47.8 Å². The number of carbonyl (C=O) groups excluding carboxylic acids is 8. The summed E-state index contributed by atoms with van der Waals surface area (Å²) >= 11 is 0. The standard InChI is InChI=1S/C40H52N8O10/c1-7-10-27(33(49)38(54)48-21-30(48)39(55)57-6)43-35(51)29-17-26(58-40(56)46-16-13-24-11-8-9-12-25(24)19-46)20-47(29)37(53)32(23(4)5)45-36(52)31(22(2)3)44-34(50)28-18-41-14-15-42-28/h8-9,11-12,14-15,18,22-23,26-27,29-32H,7,10,13,16-17,19-21H2,1-6H3,(H,43,51)(H,44,50)(H,45,52)/t26-,27?,29+,30?,31+,32+,48?/m1/s1. The van der Waals surface area contributed by atoms with Gasteiger partial charge in [-0.05, 0) is 35.8 Å². The normalized spacial score (nSPS) is 20.0. The fraction of sp³-hybridized carbons (Fsp3) is 0.550. The van der Waals surface area contributed by atoms with Crippen LogP contribution in [0.25, 0.3) is 0 Å². The molecule has 2 unspecified atom stereocenters. The Morgan fingerprint density at radius 2 is 1.57 bits per heavy atom. The van der Waals surface area contributed by atoms with E-state index < -0.39 is 95.5 Å². The first-order chi connectivity index (χ1) is 27.6. The van der Waals surface area contributed by atoms with Crippen molar-refractivity contribution in [2.45, 2.75) is 103 Å². The first-order valence-corrected chi connectivity index (χ1v) is 19.6. The quantitative estimate of drug-likeness (QED) is 0.129. The summed E-state index contributed by atoms with van der Waals surface area (Å²) in [5.41, 5.74) is 2.11. The number of Topliss-reactive ketones (excluding diaryl/α,β-unsaturated/α-hetero) is 1. The van der Waals surface area contributed by atoms with Gasteiger partial charge < -0.3 is 40.1 Å². The Morgan fingerprint density at radius 1 is 0.862 bits per heavy atom. The molecule has 312 valence electrons. The van der Waals surface area contributed by atoms with Gasteiger partial charge in [0.05, 0.1) is 32.4 Å². The van der Waals surface area contributed by atoms with E-state index >= 15 is 0 Å². The maximum atomic E-state index is 14.5. The molecular weight excluding hydrogens is 752 g/mol. The molecule has 18 heteroatoms. The van der Waals surface area contributed by atoms with Gasteiger partial charge in [-0.3, -0.25) is 33.8 Å². The highest BCUT2D eigenvalue weighted by molar-refractivity contribution is 6.39. The maximum Gasteiger partial charge on any atom is 0.410 e. The molecule has 2 fully saturated rings. The monoisotopic (exact) mass is 804 g/mol. The molecule has 3 aliphatic rings. The SMILES string of the molecule is CCCC(NC(=O)[C@@H]1C[C@@H](OC(=O)N2CCc3ccccc3C2)CN1C(=O)[C@@H](NC(=O)[C@@H](NC(=O)c1cnccn1)C(C)C)C(C)C)C(=O)C(=O)N1CC1C(=O)OC. The number of nitrogens with one attached hydrogen (secondary N) is 3. The third-order valence-corrected chi connectivity index (χ3v) is 10.5. The number of carbonyl (C=O) groups is 8. The predicted octanol–water partition coefficient (Wildman–Crippen LogP) is 0.774.